The quantitative estimate of drug-likeness (QED) is 0.773. The van der Waals surface area contributed by atoms with Crippen LogP contribution in [0, 0.1) is 6.92 Å². The second kappa shape index (κ2) is 6.02. The molecule has 1 amide bonds. The van der Waals surface area contributed by atoms with Crippen molar-refractivity contribution in [3.8, 4) is 0 Å². The van der Waals surface area contributed by atoms with Crippen molar-refractivity contribution in [2.45, 2.75) is 13.3 Å². The van der Waals surface area contributed by atoms with Gasteiger partial charge in [-0.2, -0.15) is 0 Å². The predicted octanol–water partition coefficient (Wildman–Crippen LogP) is 4.38. The molecule has 1 aliphatic heterocycles. The van der Waals surface area contributed by atoms with Crippen LogP contribution in [0.5, 0.6) is 0 Å². The van der Waals surface area contributed by atoms with E-state index >= 15 is 0 Å². The second-order valence-electron chi connectivity index (χ2n) is 5.71. The van der Waals surface area contributed by atoms with Gasteiger partial charge in [-0.1, -0.05) is 42.0 Å². The Balaban J connectivity index is 1.68. The first kappa shape index (κ1) is 14.8. The highest BCUT2D eigenvalue weighted by Gasteiger charge is 2.22. The van der Waals surface area contributed by atoms with Crippen molar-refractivity contribution in [3.05, 3.63) is 76.3 Å². The lowest BCUT2D eigenvalue weighted by atomic mass is 10.0. The first-order valence-electron chi connectivity index (χ1n) is 7.68. The van der Waals surface area contributed by atoms with Gasteiger partial charge in [0.25, 0.3) is 5.91 Å². The van der Waals surface area contributed by atoms with Crippen molar-refractivity contribution >= 4 is 33.8 Å². The van der Waals surface area contributed by atoms with E-state index in [0.29, 0.717) is 10.7 Å². The maximum atomic E-state index is 12.6. The van der Waals surface area contributed by atoms with E-state index in [1.54, 1.807) is 6.20 Å². The Morgan fingerprint density at radius 2 is 2.08 bits per heavy atom. The van der Waals surface area contributed by atoms with Gasteiger partial charge in [0.2, 0.25) is 0 Å². The van der Waals surface area contributed by atoms with Gasteiger partial charge in [0, 0.05) is 18.0 Å². The van der Waals surface area contributed by atoms with E-state index in [0.717, 1.165) is 28.9 Å². The summed E-state index contributed by atoms with van der Waals surface area (Å²) in [6.45, 7) is 2.07. The number of benzene rings is 2. The summed E-state index contributed by atoms with van der Waals surface area (Å²) in [6.07, 6.45) is 2.42. The minimum Gasteiger partial charge on any atom is -0.298 e. The molecule has 4 nitrogen and oxygen atoms in total. The van der Waals surface area contributed by atoms with Crippen LogP contribution in [0.1, 0.15) is 27.0 Å². The highest BCUT2D eigenvalue weighted by atomic mass is 32.1. The number of carbonyl (C=O) groups is 1. The van der Waals surface area contributed by atoms with E-state index in [-0.39, 0.29) is 5.91 Å². The Morgan fingerprint density at radius 3 is 2.88 bits per heavy atom. The lowest BCUT2D eigenvalue weighted by Gasteiger charge is -2.05. The highest BCUT2D eigenvalue weighted by molar-refractivity contribution is 7.13. The van der Waals surface area contributed by atoms with Crippen LogP contribution in [0.3, 0.4) is 0 Å². The average molecular weight is 333 g/mol. The van der Waals surface area contributed by atoms with Crippen LogP contribution >= 0.6 is 11.3 Å². The van der Waals surface area contributed by atoms with E-state index in [4.69, 9.17) is 4.99 Å². The zero-order valence-corrected chi connectivity index (χ0v) is 13.9. The molecule has 24 heavy (non-hydrogen) atoms. The summed E-state index contributed by atoms with van der Waals surface area (Å²) < 4.78 is 0. The molecule has 0 fully saturated rings. The second-order valence-corrected chi connectivity index (χ2v) is 6.60. The number of thiazole rings is 1. The molecule has 4 rings (SSSR count). The molecule has 3 aromatic rings. The van der Waals surface area contributed by atoms with Crippen LogP contribution in [-0.4, -0.2) is 16.6 Å². The highest BCUT2D eigenvalue weighted by Crippen LogP contribution is 2.33. The van der Waals surface area contributed by atoms with Gasteiger partial charge >= 0.3 is 0 Å². The molecule has 0 bridgehead atoms. The summed E-state index contributed by atoms with van der Waals surface area (Å²) in [7, 11) is 0. The fourth-order valence-electron chi connectivity index (χ4n) is 2.84. The Morgan fingerprint density at radius 1 is 1.21 bits per heavy atom. The van der Waals surface area contributed by atoms with E-state index in [1.165, 1.54) is 16.9 Å². The Bertz CT molecular complexity index is 945. The third-order valence-corrected chi connectivity index (χ3v) is 4.66. The predicted molar refractivity (Wildman–Crippen MR) is 97.6 cm³/mol. The number of carbonyl (C=O) groups excluding carboxylic acids is 1. The van der Waals surface area contributed by atoms with Crippen molar-refractivity contribution in [1.29, 1.82) is 0 Å². The number of amides is 1. The minimum absolute atomic E-state index is 0.170. The molecular weight excluding hydrogens is 318 g/mol. The fourth-order valence-corrected chi connectivity index (χ4v) is 3.37. The summed E-state index contributed by atoms with van der Waals surface area (Å²) in [6, 6.07) is 14.0. The molecule has 0 spiro atoms. The van der Waals surface area contributed by atoms with Crippen LogP contribution in [0.25, 0.3) is 0 Å². The molecule has 1 aliphatic rings. The summed E-state index contributed by atoms with van der Waals surface area (Å²) in [4.78, 5) is 21.4. The van der Waals surface area contributed by atoms with Gasteiger partial charge in [0.05, 0.1) is 17.0 Å². The van der Waals surface area contributed by atoms with Crippen LogP contribution in [0.15, 0.2) is 59.0 Å². The van der Waals surface area contributed by atoms with Crippen LogP contribution in [-0.2, 0) is 6.42 Å². The van der Waals surface area contributed by atoms with E-state index in [9.17, 15) is 4.79 Å². The van der Waals surface area contributed by atoms with Gasteiger partial charge in [-0.3, -0.25) is 15.1 Å². The summed E-state index contributed by atoms with van der Waals surface area (Å²) in [5, 5.41) is 5.26. The Kier molecular flexibility index (Phi) is 3.70. The summed E-state index contributed by atoms with van der Waals surface area (Å²) in [5.74, 6) is -0.170. The van der Waals surface area contributed by atoms with Gasteiger partial charge < -0.3 is 0 Å². The molecule has 5 heteroatoms. The number of rotatable bonds is 3. The van der Waals surface area contributed by atoms with E-state index in [2.05, 4.69) is 35.4 Å². The largest absolute Gasteiger partial charge is 0.298 e. The lowest BCUT2D eigenvalue weighted by molar-refractivity contribution is 0.102. The molecule has 2 heterocycles. The Labute approximate surface area is 143 Å². The van der Waals surface area contributed by atoms with E-state index < -0.39 is 0 Å². The number of fused-ring (bicyclic) bond motifs is 1. The first-order valence-corrected chi connectivity index (χ1v) is 8.56. The molecule has 0 radical (unpaired) electrons. The van der Waals surface area contributed by atoms with E-state index in [1.807, 2.05) is 29.6 Å². The van der Waals surface area contributed by atoms with Gasteiger partial charge in [-0.15, -0.1) is 11.3 Å². The van der Waals surface area contributed by atoms with Gasteiger partial charge in [-0.05, 0) is 24.1 Å². The lowest BCUT2D eigenvalue weighted by Crippen LogP contribution is -2.11. The van der Waals surface area contributed by atoms with Crippen molar-refractivity contribution < 1.29 is 4.79 Å². The number of anilines is 1. The minimum atomic E-state index is -0.170. The summed E-state index contributed by atoms with van der Waals surface area (Å²) >= 11 is 1.40. The van der Waals surface area contributed by atoms with Crippen LogP contribution < -0.4 is 5.32 Å². The maximum Gasteiger partial charge on any atom is 0.259 e. The van der Waals surface area contributed by atoms with Crippen molar-refractivity contribution in [1.82, 2.24) is 4.98 Å². The molecule has 2 aromatic carbocycles. The standard InChI is InChI=1S/C19H15N3OS/c1-12-4-2-5-13(10-12)16-11-14-6-3-7-15(17(14)21-16)18(23)22-19-20-8-9-24-19/h2-10H,11H2,1H3,(H,20,22,23). The third kappa shape index (κ3) is 2.74. The molecule has 1 N–H and O–H groups in total. The van der Waals surface area contributed by atoms with Gasteiger partial charge in [-0.25, -0.2) is 4.98 Å². The average Bonchev–Trinajstić information content (AvgIpc) is 3.23. The Hall–Kier alpha value is -2.79. The normalized spacial score (nSPS) is 12.6. The molecule has 1 aromatic heterocycles. The zero-order chi connectivity index (χ0) is 16.5. The summed E-state index contributed by atoms with van der Waals surface area (Å²) in [5.41, 5.74) is 5.75. The van der Waals surface area contributed by atoms with Crippen LogP contribution in [0.4, 0.5) is 10.8 Å². The van der Waals surface area contributed by atoms with Gasteiger partial charge in [0.1, 0.15) is 0 Å². The molecule has 0 saturated heterocycles. The van der Waals surface area contributed by atoms with Crippen molar-refractivity contribution in [2.24, 2.45) is 4.99 Å². The number of nitrogens with one attached hydrogen (secondary N) is 1. The number of aromatic nitrogens is 1. The molecule has 0 saturated carbocycles. The number of para-hydroxylation sites is 1. The number of hydrogen-bond acceptors (Lipinski definition) is 4. The van der Waals surface area contributed by atoms with Crippen LogP contribution in [0.2, 0.25) is 0 Å². The molecule has 0 aliphatic carbocycles. The molecular formula is C19H15N3OS. The first-order chi connectivity index (χ1) is 11.7. The zero-order valence-electron chi connectivity index (χ0n) is 13.1. The van der Waals surface area contributed by atoms with Crippen molar-refractivity contribution in [2.75, 3.05) is 5.32 Å². The molecule has 118 valence electrons. The maximum absolute atomic E-state index is 12.6. The smallest absolute Gasteiger partial charge is 0.259 e. The molecule has 0 atom stereocenters. The monoisotopic (exact) mass is 333 g/mol. The fraction of sp³-hybridized carbons (Fsp3) is 0.105. The van der Waals surface area contributed by atoms with Gasteiger partial charge in [0.15, 0.2) is 5.13 Å². The third-order valence-electron chi connectivity index (χ3n) is 3.97. The topological polar surface area (TPSA) is 54.4 Å². The molecule has 0 unspecified atom stereocenters. The number of nitrogens with zero attached hydrogens (tertiary/aromatic N) is 2. The number of aryl methyl sites for hydroxylation is 1. The number of aliphatic imine (C=N–C) groups is 1. The SMILES string of the molecule is Cc1cccc(C2=Nc3c(cccc3C(=O)Nc3nccs3)C2)c1. The van der Waals surface area contributed by atoms with Crippen molar-refractivity contribution in [3.63, 3.8) is 0 Å². The number of hydrogen-bond donors (Lipinski definition) is 1.